The minimum atomic E-state index is -3.73. The lowest BCUT2D eigenvalue weighted by Crippen LogP contribution is -2.23. The first-order chi connectivity index (χ1) is 12.3. The van der Waals surface area contributed by atoms with E-state index in [0.717, 1.165) is 17.5 Å². The Labute approximate surface area is 152 Å². The van der Waals surface area contributed by atoms with Crippen LogP contribution in [-0.2, 0) is 26.4 Å². The average Bonchev–Trinajstić information content (AvgIpc) is 3.14. The Morgan fingerprint density at radius 3 is 2.08 bits per heavy atom. The van der Waals surface area contributed by atoms with Gasteiger partial charge in [-0.3, -0.25) is 0 Å². The molecule has 0 saturated heterocycles. The van der Waals surface area contributed by atoms with Gasteiger partial charge in [0, 0.05) is 30.9 Å². The number of sulfone groups is 1. The summed E-state index contributed by atoms with van der Waals surface area (Å²) in [5.41, 5.74) is 1.72. The molecule has 3 rings (SSSR count). The quantitative estimate of drug-likeness (QED) is 0.690. The van der Waals surface area contributed by atoms with Crippen LogP contribution in [0.4, 0.5) is 0 Å². The SMILES string of the molecule is CS(=O)(=O)c1ccc(S(=O)(=O)NCc2ccc(-n3ccnc3)cc2)cc1. The summed E-state index contributed by atoms with van der Waals surface area (Å²) in [6, 6.07) is 12.5. The van der Waals surface area contributed by atoms with Crippen LogP contribution in [0.3, 0.4) is 0 Å². The topological polar surface area (TPSA) is 98.1 Å². The lowest BCUT2D eigenvalue weighted by Gasteiger charge is -2.08. The Morgan fingerprint density at radius 2 is 1.54 bits per heavy atom. The highest BCUT2D eigenvalue weighted by Crippen LogP contribution is 2.15. The maximum absolute atomic E-state index is 12.3. The van der Waals surface area contributed by atoms with Gasteiger partial charge in [-0.05, 0) is 42.0 Å². The minimum absolute atomic E-state index is 0.0138. The second kappa shape index (κ2) is 7.02. The third-order valence-corrected chi connectivity index (χ3v) is 6.31. The van der Waals surface area contributed by atoms with Crippen LogP contribution in [0.2, 0.25) is 0 Å². The third kappa shape index (κ3) is 4.18. The van der Waals surface area contributed by atoms with Crippen LogP contribution in [0, 0.1) is 0 Å². The van der Waals surface area contributed by atoms with Gasteiger partial charge in [-0.15, -0.1) is 0 Å². The number of rotatable bonds is 6. The molecule has 0 aliphatic carbocycles. The molecule has 2 aromatic carbocycles. The average molecular weight is 391 g/mol. The fourth-order valence-corrected chi connectivity index (χ4v) is 3.97. The lowest BCUT2D eigenvalue weighted by atomic mass is 10.2. The van der Waals surface area contributed by atoms with Gasteiger partial charge in [0.25, 0.3) is 0 Å². The summed E-state index contributed by atoms with van der Waals surface area (Å²) in [4.78, 5) is 4.07. The standard InChI is InChI=1S/C17H17N3O4S2/c1-25(21,22)16-6-8-17(9-7-16)26(23,24)19-12-14-2-4-15(5-3-14)20-11-10-18-13-20/h2-11,13,19H,12H2,1H3. The maximum atomic E-state index is 12.3. The van der Waals surface area contributed by atoms with Gasteiger partial charge in [0.05, 0.1) is 16.1 Å². The molecule has 0 aliphatic rings. The summed E-state index contributed by atoms with van der Waals surface area (Å²) in [5, 5.41) is 0. The smallest absolute Gasteiger partial charge is 0.240 e. The van der Waals surface area contributed by atoms with Gasteiger partial charge in [0.15, 0.2) is 9.84 Å². The highest BCUT2D eigenvalue weighted by molar-refractivity contribution is 7.90. The van der Waals surface area contributed by atoms with Crippen LogP contribution in [0.5, 0.6) is 0 Å². The molecule has 7 nitrogen and oxygen atoms in total. The van der Waals surface area contributed by atoms with E-state index in [1.165, 1.54) is 24.3 Å². The van der Waals surface area contributed by atoms with Crippen molar-refractivity contribution in [2.45, 2.75) is 16.3 Å². The molecule has 26 heavy (non-hydrogen) atoms. The van der Waals surface area contributed by atoms with Crippen LogP contribution in [0.25, 0.3) is 5.69 Å². The molecule has 0 amide bonds. The molecule has 0 unspecified atom stereocenters. The van der Waals surface area contributed by atoms with Gasteiger partial charge in [0.2, 0.25) is 10.0 Å². The molecule has 0 saturated carbocycles. The Bertz CT molecular complexity index is 1090. The molecule has 0 bridgehead atoms. The maximum Gasteiger partial charge on any atom is 0.240 e. The Balaban J connectivity index is 1.70. The van der Waals surface area contributed by atoms with Crippen molar-refractivity contribution in [2.24, 2.45) is 0 Å². The first kappa shape index (κ1) is 18.3. The van der Waals surface area contributed by atoms with Crippen LogP contribution < -0.4 is 4.72 Å². The number of sulfonamides is 1. The second-order valence-electron chi connectivity index (χ2n) is 5.70. The lowest BCUT2D eigenvalue weighted by molar-refractivity contribution is 0.580. The molecule has 1 N–H and O–H groups in total. The third-order valence-electron chi connectivity index (χ3n) is 3.77. The number of imidazole rings is 1. The number of nitrogens with one attached hydrogen (secondary N) is 1. The minimum Gasteiger partial charge on any atom is -0.306 e. The van der Waals surface area contributed by atoms with Gasteiger partial charge in [-0.25, -0.2) is 26.5 Å². The van der Waals surface area contributed by atoms with Gasteiger partial charge in [0.1, 0.15) is 0 Å². The van der Waals surface area contributed by atoms with Crippen molar-refractivity contribution < 1.29 is 16.8 Å². The molecule has 0 atom stereocenters. The Kier molecular flexibility index (Phi) is 4.94. The van der Waals surface area contributed by atoms with Crippen molar-refractivity contribution in [1.82, 2.24) is 14.3 Å². The van der Waals surface area contributed by atoms with Gasteiger partial charge < -0.3 is 4.57 Å². The molecule has 136 valence electrons. The molecule has 0 spiro atoms. The number of hydrogen-bond acceptors (Lipinski definition) is 5. The normalized spacial score (nSPS) is 12.2. The molecule has 0 radical (unpaired) electrons. The van der Waals surface area contributed by atoms with Crippen molar-refractivity contribution in [3.8, 4) is 5.69 Å². The van der Waals surface area contributed by atoms with Gasteiger partial charge >= 0.3 is 0 Å². The number of aromatic nitrogens is 2. The number of benzene rings is 2. The van der Waals surface area contributed by atoms with Crippen LogP contribution in [0.1, 0.15) is 5.56 Å². The van der Waals surface area contributed by atoms with E-state index < -0.39 is 19.9 Å². The highest BCUT2D eigenvalue weighted by atomic mass is 32.2. The number of hydrogen-bond donors (Lipinski definition) is 1. The first-order valence-corrected chi connectivity index (χ1v) is 11.0. The zero-order valence-corrected chi connectivity index (χ0v) is 15.5. The van der Waals surface area contributed by atoms with E-state index in [9.17, 15) is 16.8 Å². The van der Waals surface area contributed by atoms with Crippen molar-refractivity contribution >= 4 is 19.9 Å². The van der Waals surface area contributed by atoms with E-state index in [0.29, 0.717) is 0 Å². The zero-order valence-electron chi connectivity index (χ0n) is 13.9. The van der Waals surface area contributed by atoms with E-state index in [1.807, 2.05) is 35.0 Å². The van der Waals surface area contributed by atoms with Crippen molar-refractivity contribution in [3.63, 3.8) is 0 Å². The molecule has 3 aromatic rings. The predicted molar refractivity (Wildman–Crippen MR) is 97.1 cm³/mol. The summed E-state index contributed by atoms with van der Waals surface area (Å²) in [6.07, 6.45) is 6.25. The van der Waals surface area contributed by atoms with E-state index in [4.69, 9.17) is 0 Å². The zero-order chi connectivity index (χ0) is 18.8. The van der Waals surface area contributed by atoms with Crippen molar-refractivity contribution in [1.29, 1.82) is 0 Å². The molecular weight excluding hydrogens is 374 g/mol. The van der Waals surface area contributed by atoms with E-state index in [1.54, 1.807) is 12.5 Å². The van der Waals surface area contributed by atoms with Crippen molar-refractivity contribution in [3.05, 3.63) is 72.8 Å². The van der Waals surface area contributed by atoms with Crippen LogP contribution in [0.15, 0.2) is 77.0 Å². The highest BCUT2D eigenvalue weighted by Gasteiger charge is 2.15. The van der Waals surface area contributed by atoms with E-state index >= 15 is 0 Å². The monoisotopic (exact) mass is 391 g/mol. The molecule has 1 aromatic heterocycles. The fraction of sp³-hybridized carbons (Fsp3) is 0.118. The van der Waals surface area contributed by atoms with Crippen LogP contribution in [-0.4, -0.2) is 32.6 Å². The summed E-state index contributed by atoms with van der Waals surface area (Å²) >= 11 is 0. The number of nitrogens with zero attached hydrogens (tertiary/aromatic N) is 2. The molecule has 9 heteroatoms. The fourth-order valence-electron chi connectivity index (χ4n) is 2.33. The summed E-state index contributed by atoms with van der Waals surface area (Å²) in [6.45, 7) is 0.125. The van der Waals surface area contributed by atoms with E-state index in [-0.39, 0.29) is 16.3 Å². The van der Waals surface area contributed by atoms with Crippen LogP contribution >= 0.6 is 0 Å². The summed E-state index contributed by atoms with van der Waals surface area (Å²) in [7, 11) is -7.10. The summed E-state index contributed by atoms with van der Waals surface area (Å²) in [5.74, 6) is 0. The Morgan fingerprint density at radius 1 is 0.923 bits per heavy atom. The van der Waals surface area contributed by atoms with Gasteiger partial charge in [-0.1, -0.05) is 12.1 Å². The van der Waals surface area contributed by atoms with Crippen molar-refractivity contribution in [2.75, 3.05) is 6.26 Å². The summed E-state index contributed by atoms with van der Waals surface area (Å²) < 4.78 is 51.9. The molecular formula is C17H17N3O4S2. The molecule has 1 heterocycles. The second-order valence-corrected chi connectivity index (χ2v) is 9.49. The van der Waals surface area contributed by atoms with E-state index in [2.05, 4.69) is 9.71 Å². The largest absolute Gasteiger partial charge is 0.306 e. The van der Waals surface area contributed by atoms with Gasteiger partial charge in [-0.2, -0.15) is 0 Å². The Hall–Kier alpha value is -2.49. The molecule has 0 fully saturated rings. The first-order valence-electron chi connectivity index (χ1n) is 7.63. The molecule has 0 aliphatic heterocycles. The predicted octanol–water partition coefficient (Wildman–Crippen LogP) is 1.75.